The summed E-state index contributed by atoms with van der Waals surface area (Å²) < 4.78 is 25.2. The second-order valence-corrected chi connectivity index (χ2v) is 4.16. The summed E-state index contributed by atoms with van der Waals surface area (Å²) in [6, 6.07) is 6.70. The van der Waals surface area contributed by atoms with Crippen molar-refractivity contribution in [2.75, 3.05) is 25.5 Å². The number of aromatic hydroxyl groups is 1. The SMILES string of the molecule is Nc1ccccc1O.O=S(=O)=C1COCCN1. The van der Waals surface area contributed by atoms with Crippen molar-refractivity contribution in [3.63, 3.8) is 0 Å². The molecule has 2 rings (SSSR count). The number of nitrogen functional groups attached to an aromatic ring is 1. The molecule has 0 amide bonds. The molecule has 1 aliphatic rings. The first-order valence-corrected chi connectivity index (χ1v) is 5.99. The molecule has 7 heteroatoms. The number of benzene rings is 1. The van der Waals surface area contributed by atoms with Gasteiger partial charge < -0.3 is 15.6 Å². The summed E-state index contributed by atoms with van der Waals surface area (Å²) in [4.78, 5) is 0.251. The van der Waals surface area contributed by atoms with Crippen LogP contribution >= 0.6 is 0 Å². The van der Waals surface area contributed by atoms with Gasteiger partial charge in [0, 0.05) is 6.54 Å². The number of morpholine rings is 1. The molecule has 0 aromatic heterocycles. The van der Waals surface area contributed by atoms with Crippen LogP contribution in [0.5, 0.6) is 5.75 Å². The van der Waals surface area contributed by atoms with E-state index >= 15 is 0 Å². The summed E-state index contributed by atoms with van der Waals surface area (Å²) in [6.45, 7) is 1.36. The van der Waals surface area contributed by atoms with Gasteiger partial charge in [-0.15, -0.1) is 0 Å². The Kier molecular flexibility index (Phi) is 5.47. The van der Waals surface area contributed by atoms with Crippen molar-refractivity contribution in [1.29, 1.82) is 0 Å². The first kappa shape index (κ1) is 13.5. The zero-order chi connectivity index (χ0) is 12.7. The van der Waals surface area contributed by atoms with E-state index in [0.29, 0.717) is 18.8 Å². The van der Waals surface area contributed by atoms with Crippen molar-refractivity contribution in [3.8, 4) is 5.75 Å². The summed E-state index contributed by atoms with van der Waals surface area (Å²) in [6.07, 6.45) is 0. The first-order chi connectivity index (χ1) is 8.11. The van der Waals surface area contributed by atoms with E-state index in [1.165, 1.54) is 0 Å². The minimum Gasteiger partial charge on any atom is -0.506 e. The average Bonchev–Trinajstić information content (AvgIpc) is 2.35. The van der Waals surface area contributed by atoms with Crippen LogP contribution in [0.2, 0.25) is 0 Å². The van der Waals surface area contributed by atoms with E-state index in [1.54, 1.807) is 24.3 Å². The second-order valence-electron chi connectivity index (χ2n) is 3.20. The number of phenols is 1. The van der Waals surface area contributed by atoms with Crippen molar-refractivity contribution in [2.45, 2.75) is 0 Å². The van der Waals surface area contributed by atoms with Crippen LogP contribution in [0.1, 0.15) is 0 Å². The van der Waals surface area contributed by atoms with Crippen LogP contribution < -0.4 is 11.1 Å². The molecule has 17 heavy (non-hydrogen) atoms. The maximum Gasteiger partial charge on any atom is 0.230 e. The van der Waals surface area contributed by atoms with E-state index in [2.05, 4.69) is 5.32 Å². The van der Waals surface area contributed by atoms with Gasteiger partial charge in [0.05, 0.1) is 18.9 Å². The minimum absolute atomic E-state index is 0.146. The molecule has 0 radical (unpaired) electrons. The van der Waals surface area contributed by atoms with E-state index < -0.39 is 10.3 Å². The highest BCUT2D eigenvalue weighted by Gasteiger charge is 2.05. The van der Waals surface area contributed by atoms with Crippen molar-refractivity contribution in [1.82, 2.24) is 5.32 Å². The summed E-state index contributed by atoms with van der Waals surface area (Å²) >= 11 is 0. The highest BCUT2D eigenvalue weighted by Crippen LogP contribution is 2.16. The van der Waals surface area contributed by atoms with Gasteiger partial charge in [-0.25, -0.2) is 0 Å². The highest BCUT2D eigenvalue weighted by molar-refractivity contribution is 7.72. The van der Waals surface area contributed by atoms with Gasteiger partial charge in [0.1, 0.15) is 10.7 Å². The monoisotopic (exact) mass is 258 g/mol. The summed E-state index contributed by atoms with van der Waals surface area (Å²) in [5.41, 5.74) is 5.69. The van der Waals surface area contributed by atoms with Gasteiger partial charge in [-0.1, -0.05) is 12.1 Å². The molecule has 0 spiro atoms. The predicted octanol–water partition coefficient (Wildman–Crippen LogP) is -0.410. The number of hydrogen-bond acceptors (Lipinski definition) is 5. The van der Waals surface area contributed by atoms with Crippen LogP contribution in [0.25, 0.3) is 0 Å². The zero-order valence-corrected chi connectivity index (χ0v) is 9.90. The number of hydrogen-bond donors (Lipinski definition) is 3. The molecule has 1 saturated heterocycles. The lowest BCUT2D eigenvalue weighted by Crippen LogP contribution is -2.37. The summed E-state index contributed by atoms with van der Waals surface area (Å²) in [5.74, 6) is 0.146. The lowest BCUT2D eigenvalue weighted by atomic mass is 10.3. The minimum atomic E-state index is -2.12. The van der Waals surface area contributed by atoms with E-state index in [0.717, 1.165) is 0 Å². The maximum absolute atomic E-state index is 10.2. The molecule has 0 saturated carbocycles. The third-order valence-electron chi connectivity index (χ3n) is 1.94. The Morgan fingerprint density at radius 1 is 1.35 bits per heavy atom. The smallest absolute Gasteiger partial charge is 0.230 e. The quantitative estimate of drug-likeness (QED) is 0.332. The molecule has 0 bridgehead atoms. The molecule has 1 heterocycles. The number of phenolic OH excluding ortho intramolecular Hbond substituents is 1. The van der Waals surface area contributed by atoms with E-state index in [-0.39, 0.29) is 17.3 Å². The molecular weight excluding hydrogens is 244 g/mol. The normalized spacial score (nSPS) is 14.7. The molecule has 1 fully saturated rings. The molecule has 0 unspecified atom stereocenters. The summed E-state index contributed by atoms with van der Waals surface area (Å²) in [7, 11) is -2.12. The van der Waals surface area contributed by atoms with E-state index in [1.807, 2.05) is 0 Å². The van der Waals surface area contributed by atoms with Crippen LogP contribution in [0.15, 0.2) is 24.3 Å². The number of ether oxygens (including phenoxy) is 1. The fraction of sp³-hybridized carbons (Fsp3) is 0.300. The van der Waals surface area contributed by atoms with Gasteiger partial charge >= 0.3 is 0 Å². The third-order valence-corrected chi connectivity index (χ3v) is 2.60. The Bertz CT molecular complexity index is 462. The van der Waals surface area contributed by atoms with Crippen molar-refractivity contribution in [2.24, 2.45) is 0 Å². The Labute approximate surface area is 101 Å². The third kappa shape index (κ3) is 4.85. The molecular formula is C10H14N2O4S. The van der Waals surface area contributed by atoms with Crippen molar-refractivity contribution >= 4 is 21.0 Å². The van der Waals surface area contributed by atoms with Crippen LogP contribution in [-0.4, -0.2) is 38.3 Å². The van der Waals surface area contributed by atoms with E-state index in [9.17, 15) is 8.42 Å². The fourth-order valence-corrected chi connectivity index (χ4v) is 1.47. The fourth-order valence-electron chi connectivity index (χ4n) is 1.07. The Hall–Kier alpha value is -1.57. The van der Waals surface area contributed by atoms with Crippen molar-refractivity contribution in [3.05, 3.63) is 24.3 Å². The topological polar surface area (TPSA) is 102 Å². The van der Waals surface area contributed by atoms with E-state index in [4.69, 9.17) is 15.6 Å². The van der Waals surface area contributed by atoms with Crippen LogP contribution in [0, 0.1) is 0 Å². The molecule has 1 aliphatic heterocycles. The van der Waals surface area contributed by atoms with Crippen LogP contribution in [0.4, 0.5) is 5.69 Å². The van der Waals surface area contributed by atoms with Gasteiger partial charge in [0.15, 0.2) is 0 Å². The predicted molar refractivity (Wildman–Crippen MR) is 65.3 cm³/mol. The molecule has 6 nitrogen and oxygen atoms in total. The molecule has 0 aliphatic carbocycles. The first-order valence-electron chi connectivity index (χ1n) is 4.91. The van der Waals surface area contributed by atoms with Gasteiger partial charge in [-0.2, -0.15) is 8.42 Å². The molecule has 1 aromatic carbocycles. The Balaban J connectivity index is 0.000000171. The van der Waals surface area contributed by atoms with Gasteiger partial charge in [0.2, 0.25) is 10.3 Å². The molecule has 4 N–H and O–H groups in total. The number of nitrogens with two attached hydrogens (primary N) is 1. The largest absolute Gasteiger partial charge is 0.506 e. The molecule has 1 aromatic rings. The molecule has 94 valence electrons. The Morgan fingerprint density at radius 3 is 2.41 bits per heavy atom. The number of nitrogens with one attached hydrogen (secondary N) is 1. The number of anilines is 1. The molecule has 0 atom stereocenters. The average molecular weight is 258 g/mol. The maximum atomic E-state index is 10.2. The zero-order valence-electron chi connectivity index (χ0n) is 9.09. The summed E-state index contributed by atoms with van der Waals surface area (Å²) in [5, 5.41) is 11.5. The van der Waals surface area contributed by atoms with Gasteiger partial charge in [0.25, 0.3) is 0 Å². The highest BCUT2D eigenvalue weighted by atomic mass is 32.2. The van der Waals surface area contributed by atoms with Crippen LogP contribution in [0.3, 0.4) is 0 Å². The lowest BCUT2D eigenvalue weighted by molar-refractivity contribution is 0.161. The Morgan fingerprint density at radius 2 is 2.06 bits per heavy atom. The number of rotatable bonds is 0. The lowest BCUT2D eigenvalue weighted by Gasteiger charge is -2.11. The van der Waals surface area contributed by atoms with Gasteiger partial charge in [-0.05, 0) is 12.1 Å². The second kappa shape index (κ2) is 6.89. The standard InChI is InChI=1S/C6H7NO.C4H7NO3S/c7-5-3-1-2-4-6(5)8;6-9(7)4-3-8-2-1-5-4/h1-4,8H,7H2;5H,1-3H2. The van der Waals surface area contributed by atoms with Crippen LogP contribution in [-0.2, 0) is 15.0 Å². The number of para-hydroxylation sites is 2. The van der Waals surface area contributed by atoms with Gasteiger partial charge in [-0.3, -0.25) is 5.32 Å². The van der Waals surface area contributed by atoms with Crippen molar-refractivity contribution < 1.29 is 18.3 Å².